The van der Waals surface area contributed by atoms with E-state index in [1.165, 1.54) is 4.90 Å². The maximum atomic E-state index is 12.0. The van der Waals surface area contributed by atoms with E-state index in [-0.39, 0.29) is 42.6 Å². The standard InChI is InChI=1S/C13H22N2O5S/c16-12(14-10-3-1-2-4-10)7-15(8-13(17)18)11-5-6-21(19,20)9-11/h10-11H,1-9H2,(H,14,16)(H,17,18). The first-order valence-electron chi connectivity index (χ1n) is 7.31. The van der Waals surface area contributed by atoms with E-state index in [1.54, 1.807) is 0 Å². The summed E-state index contributed by atoms with van der Waals surface area (Å²) in [5.41, 5.74) is 0. The quantitative estimate of drug-likeness (QED) is 0.692. The van der Waals surface area contributed by atoms with E-state index in [4.69, 9.17) is 5.11 Å². The van der Waals surface area contributed by atoms with Crippen LogP contribution >= 0.6 is 0 Å². The molecule has 0 radical (unpaired) electrons. The lowest BCUT2D eigenvalue weighted by atomic mass is 10.2. The molecule has 1 saturated heterocycles. The molecule has 1 aliphatic heterocycles. The van der Waals surface area contributed by atoms with Gasteiger partial charge in [0.15, 0.2) is 9.84 Å². The van der Waals surface area contributed by atoms with Crippen LogP contribution in [0.3, 0.4) is 0 Å². The van der Waals surface area contributed by atoms with Crippen LogP contribution in [0.15, 0.2) is 0 Å². The van der Waals surface area contributed by atoms with E-state index in [2.05, 4.69) is 5.32 Å². The van der Waals surface area contributed by atoms with Gasteiger partial charge in [0.1, 0.15) is 0 Å². The predicted octanol–water partition coefficient (Wildman–Crippen LogP) is -0.381. The number of sulfone groups is 1. The fourth-order valence-corrected chi connectivity index (χ4v) is 4.84. The minimum Gasteiger partial charge on any atom is -0.480 e. The molecule has 1 unspecified atom stereocenters. The molecule has 0 aromatic rings. The summed E-state index contributed by atoms with van der Waals surface area (Å²) in [4.78, 5) is 24.4. The van der Waals surface area contributed by atoms with Crippen LogP contribution in [0.5, 0.6) is 0 Å². The molecule has 8 heteroatoms. The zero-order valence-corrected chi connectivity index (χ0v) is 12.8. The van der Waals surface area contributed by atoms with E-state index in [0.29, 0.717) is 6.42 Å². The summed E-state index contributed by atoms with van der Waals surface area (Å²) >= 11 is 0. The summed E-state index contributed by atoms with van der Waals surface area (Å²) in [7, 11) is -3.10. The molecule has 2 N–H and O–H groups in total. The van der Waals surface area contributed by atoms with Crippen molar-refractivity contribution in [2.75, 3.05) is 24.6 Å². The van der Waals surface area contributed by atoms with Gasteiger partial charge in [-0.2, -0.15) is 0 Å². The Morgan fingerprint density at radius 3 is 2.33 bits per heavy atom. The van der Waals surface area contributed by atoms with Crippen LogP contribution < -0.4 is 5.32 Å². The highest BCUT2D eigenvalue weighted by Gasteiger charge is 2.34. The summed E-state index contributed by atoms with van der Waals surface area (Å²) in [6.07, 6.45) is 4.52. The second-order valence-electron chi connectivity index (χ2n) is 5.90. The molecule has 1 saturated carbocycles. The van der Waals surface area contributed by atoms with Crippen molar-refractivity contribution in [1.82, 2.24) is 10.2 Å². The highest BCUT2D eigenvalue weighted by molar-refractivity contribution is 7.91. The molecule has 2 fully saturated rings. The summed E-state index contributed by atoms with van der Waals surface area (Å²) < 4.78 is 23.0. The zero-order valence-electron chi connectivity index (χ0n) is 12.0. The number of carbonyl (C=O) groups excluding carboxylic acids is 1. The second kappa shape index (κ2) is 6.74. The molecule has 0 aromatic carbocycles. The third-order valence-electron chi connectivity index (χ3n) is 4.13. The number of hydrogen-bond acceptors (Lipinski definition) is 5. The van der Waals surface area contributed by atoms with Crippen LogP contribution in [-0.4, -0.2) is 67.0 Å². The van der Waals surface area contributed by atoms with Crippen molar-refractivity contribution in [3.63, 3.8) is 0 Å². The average molecular weight is 318 g/mol. The van der Waals surface area contributed by atoms with E-state index < -0.39 is 15.8 Å². The number of nitrogens with zero attached hydrogens (tertiary/aromatic N) is 1. The van der Waals surface area contributed by atoms with E-state index >= 15 is 0 Å². The first kappa shape index (κ1) is 16.2. The summed E-state index contributed by atoms with van der Waals surface area (Å²) in [6, 6.07) is -0.197. The van der Waals surface area contributed by atoms with Gasteiger partial charge >= 0.3 is 5.97 Å². The molecule has 0 bridgehead atoms. The van der Waals surface area contributed by atoms with Crippen molar-refractivity contribution >= 4 is 21.7 Å². The molecule has 1 atom stereocenters. The van der Waals surface area contributed by atoms with Gasteiger partial charge in [0, 0.05) is 12.1 Å². The van der Waals surface area contributed by atoms with E-state index in [9.17, 15) is 18.0 Å². The molecule has 0 spiro atoms. The van der Waals surface area contributed by atoms with Crippen LogP contribution in [0, 0.1) is 0 Å². The molecule has 1 aliphatic carbocycles. The van der Waals surface area contributed by atoms with Gasteiger partial charge in [0.05, 0.1) is 24.6 Å². The monoisotopic (exact) mass is 318 g/mol. The zero-order chi connectivity index (χ0) is 15.5. The molecule has 1 heterocycles. The van der Waals surface area contributed by atoms with Crippen LogP contribution in [-0.2, 0) is 19.4 Å². The topological polar surface area (TPSA) is 104 Å². The number of carbonyl (C=O) groups is 2. The Balaban J connectivity index is 1.92. The number of rotatable bonds is 6. The lowest BCUT2D eigenvalue weighted by Gasteiger charge is -2.26. The van der Waals surface area contributed by atoms with Crippen molar-refractivity contribution < 1.29 is 23.1 Å². The highest BCUT2D eigenvalue weighted by atomic mass is 32.2. The van der Waals surface area contributed by atoms with Crippen molar-refractivity contribution in [3.8, 4) is 0 Å². The summed E-state index contributed by atoms with van der Waals surface area (Å²) in [6.45, 7) is -0.360. The Hall–Kier alpha value is -1.15. The molecule has 2 rings (SSSR count). The summed E-state index contributed by atoms with van der Waals surface area (Å²) in [5.74, 6) is -1.25. The Labute approximate surface area is 124 Å². The van der Waals surface area contributed by atoms with Gasteiger partial charge in [0.2, 0.25) is 5.91 Å². The first-order valence-corrected chi connectivity index (χ1v) is 9.13. The molecule has 21 heavy (non-hydrogen) atoms. The van der Waals surface area contributed by atoms with Gasteiger partial charge in [-0.1, -0.05) is 12.8 Å². The van der Waals surface area contributed by atoms with Crippen molar-refractivity contribution in [3.05, 3.63) is 0 Å². The van der Waals surface area contributed by atoms with Crippen LogP contribution in [0.25, 0.3) is 0 Å². The van der Waals surface area contributed by atoms with Gasteiger partial charge in [-0.25, -0.2) is 8.42 Å². The SMILES string of the molecule is O=C(O)CN(CC(=O)NC1CCCC1)C1CCS(=O)(=O)C1. The van der Waals surface area contributed by atoms with Crippen molar-refractivity contribution in [1.29, 1.82) is 0 Å². The van der Waals surface area contributed by atoms with E-state index in [0.717, 1.165) is 25.7 Å². The minimum absolute atomic E-state index is 0.0526. The van der Waals surface area contributed by atoms with Gasteiger partial charge in [-0.3, -0.25) is 14.5 Å². The molecule has 0 aromatic heterocycles. The third kappa shape index (κ3) is 4.96. The Kier molecular flexibility index (Phi) is 5.21. The fraction of sp³-hybridized carbons (Fsp3) is 0.846. The molecular formula is C13H22N2O5S. The fourth-order valence-electron chi connectivity index (χ4n) is 3.08. The van der Waals surface area contributed by atoms with Crippen molar-refractivity contribution in [2.24, 2.45) is 0 Å². The largest absolute Gasteiger partial charge is 0.480 e. The van der Waals surface area contributed by atoms with Gasteiger partial charge in [-0.05, 0) is 19.3 Å². The second-order valence-corrected chi connectivity index (χ2v) is 8.13. The molecule has 1 amide bonds. The molecule has 7 nitrogen and oxygen atoms in total. The van der Waals surface area contributed by atoms with Gasteiger partial charge in [0.25, 0.3) is 0 Å². The van der Waals surface area contributed by atoms with Crippen molar-refractivity contribution in [2.45, 2.75) is 44.2 Å². The lowest BCUT2D eigenvalue weighted by molar-refractivity contribution is -0.139. The van der Waals surface area contributed by atoms with Crippen LogP contribution in [0.4, 0.5) is 0 Å². The number of nitrogens with one attached hydrogen (secondary N) is 1. The predicted molar refractivity (Wildman–Crippen MR) is 76.7 cm³/mol. The Morgan fingerprint density at radius 1 is 1.14 bits per heavy atom. The summed E-state index contributed by atoms with van der Waals surface area (Å²) in [5, 5.41) is 11.9. The van der Waals surface area contributed by atoms with Crippen LogP contribution in [0.1, 0.15) is 32.1 Å². The lowest BCUT2D eigenvalue weighted by Crippen LogP contribution is -2.47. The maximum absolute atomic E-state index is 12.0. The van der Waals surface area contributed by atoms with Crippen LogP contribution in [0.2, 0.25) is 0 Å². The number of hydrogen-bond donors (Lipinski definition) is 2. The Morgan fingerprint density at radius 2 is 1.81 bits per heavy atom. The molecular weight excluding hydrogens is 296 g/mol. The number of carboxylic acids is 1. The normalized spacial score (nSPS) is 25.3. The van der Waals surface area contributed by atoms with Gasteiger partial charge in [-0.15, -0.1) is 0 Å². The number of aliphatic carboxylic acids is 1. The minimum atomic E-state index is -3.10. The maximum Gasteiger partial charge on any atom is 0.317 e. The van der Waals surface area contributed by atoms with E-state index in [1.807, 2.05) is 0 Å². The number of carboxylic acid groups (broad SMARTS) is 1. The average Bonchev–Trinajstić information content (AvgIpc) is 2.97. The highest BCUT2D eigenvalue weighted by Crippen LogP contribution is 2.19. The third-order valence-corrected chi connectivity index (χ3v) is 5.88. The Bertz CT molecular complexity index is 499. The first-order chi connectivity index (χ1) is 9.85. The molecule has 120 valence electrons. The molecule has 2 aliphatic rings. The number of amides is 1. The smallest absolute Gasteiger partial charge is 0.317 e. The van der Waals surface area contributed by atoms with Gasteiger partial charge < -0.3 is 10.4 Å².